The topological polar surface area (TPSA) is 57.7 Å². The molecule has 1 aromatic carbocycles. The van der Waals surface area contributed by atoms with Crippen LogP contribution in [0.25, 0.3) is 0 Å². The fourth-order valence-corrected chi connectivity index (χ4v) is 5.67. The number of nitrogens with zero attached hydrogens (tertiary/aromatic N) is 2. The Bertz CT molecular complexity index is 718. The molecule has 2 heterocycles. The number of hydrogen-bond acceptors (Lipinski definition) is 4. The van der Waals surface area contributed by atoms with Gasteiger partial charge in [0.05, 0.1) is 24.1 Å². The Kier molecular flexibility index (Phi) is 4.91. The highest BCUT2D eigenvalue weighted by Crippen LogP contribution is 2.32. The maximum absolute atomic E-state index is 12.7. The molecule has 0 aliphatic carbocycles. The number of carbonyl (C=O) groups is 1. The van der Waals surface area contributed by atoms with E-state index in [9.17, 15) is 13.2 Å². The molecule has 2 atom stereocenters. The Morgan fingerprint density at radius 3 is 2.42 bits per heavy atom. The summed E-state index contributed by atoms with van der Waals surface area (Å²) in [6.45, 7) is 5.30. The van der Waals surface area contributed by atoms with Crippen molar-refractivity contribution in [1.29, 1.82) is 0 Å². The smallest absolute Gasteiger partial charge is 0.241 e. The van der Waals surface area contributed by atoms with Gasteiger partial charge in [-0.1, -0.05) is 25.4 Å². The second kappa shape index (κ2) is 6.65. The van der Waals surface area contributed by atoms with Crippen LogP contribution in [-0.2, 0) is 14.6 Å². The summed E-state index contributed by atoms with van der Waals surface area (Å²) < 4.78 is 24.5. The molecule has 5 nitrogen and oxygen atoms in total. The van der Waals surface area contributed by atoms with Gasteiger partial charge in [-0.3, -0.25) is 9.69 Å². The summed E-state index contributed by atoms with van der Waals surface area (Å²) in [6.07, 6.45) is 0.956. The van der Waals surface area contributed by atoms with Crippen LogP contribution in [0.5, 0.6) is 0 Å². The minimum atomic E-state index is -3.13. The number of fused-ring (bicyclic) bond motifs is 1. The molecule has 1 aromatic rings. The Morgan fingerprint density at radius 1 is 1.17 bits per heavy atom. The fraction of sp³-hybridized carbons (Fsp3) is 0.588. The first-order chi connectivity index (χ1) is 11.3. The Labute approximate surface area is 148 Å². The molecule has 2 aliphatic rings. The maximum atomic E-state index is 12.7. The van der Waals surface area contributed by atoms with E-state index in [1.807, 2.05) is 0 Å². The van der Waals surface area contributed by atoms with Crippen molar-refractivity contribution in [2.24, 2.45) is 5.92 Å². The quantitative estimate of drug-likeness (QED) is 0.815. The number of sulfone groups is 1. The van der Waals surface area contributed by atoms with Crippen molar-refractivity contribution in [3.63, 3.8) is 0 Å². The van der Waals surface area contributed by atoms with Crippen LogP contribution in [0.4, 0.5) is 5.69 Å². The largest absolute Gasteiger partial charge is 0.306 e. The van der Waals surface area contributed by atoms with Crippen LogP contribution < -0.4 is 4.90 Å². The molecule has 3 rings (SSSR count). The third-order valence-corrected chi connectivity index (χ3v) is 6.75. The lowest BCUT2D eigenvalue weighted by Crippen LogP contribution is -2.62. The molecule has 0 saturated carbocycles. The summed E-state index contributed by atoms with van der Waals surface area (Å²) in [7, 11) is -3.13. The lowest BCUT2D eigenvalue weighted by molar-refractivity contribution is -0.123. The van der Waals surface area contributed by atoms with Gasteiger partial charge in [0, 0.05) is 16.8 Å². The van der Waals surface area contributed by atoms with Gasteiger partial charge in [-0.2, -0.15) is 0 Å². The minimum absolute atomic E-state index is 0.0320. The van der Waals surface area contributed by atoms with E-state index < -0.39 is 9.84 Å². The van der Waals surface area contributed by atoms with Crippen LogP contribution in [-0.4, -0.2) is 55.9 Å². The third kappa shape index (κ3) is 3.60. The molecule has 1 amide bonds. The van der Waals surface area contributed by atoms with Crippen LogP contribution in [0.2, 0.25) is 5.02 Å². The van der Waals surface area contributed by atoms with Crippen molar-refractivity contribution in [1.82, 2.24) is 4.90 Å². The van der Waals surface area contributed by atoms with Crippen molar-refractivity contribution in [3.8, 4) is 0 Å². The number of anilines is 1. The molecule has 7 heteroatoms. The van der Waals surface area contributed by atoms with E-state index in [0.717, 1.165) is 18.7 Å². The maximum Gasteiger partial charge on any atom is 0.241 e. The molecule has 0 spiro atoms. The molecule has 0 unspecified atom stereocenters. The molecule has 24 heavy (non-hydrogen) atoms. The lowest BCUT2D eigenvalue weighted by atomic mass is 10.0. The van der Waals surface area contributed by atoms with Crippen LogP contribution in [0.1, 0.15) is 20.3 Å². The highest BCUT2D eigenvalue weighted by Gasteiger charge is 2.49. The van der Waals surface area contributed by atoms with E-state index in [0.29, 0.717) is 10.9 Å². The highest BCUT2D eigenvalue weighted by molar-refractivity contribution is 7.91. The first-order valence-electron chi connectivity index (χ1n) is 8.29. The second-order valence-electron chi connectivity index (χ2n) is 7.10. The molecule has 2 fully saturated rings. The fourth-order valence-electron chi connectivity index (χ4n) is 3.56. The van der Waals surface area contributed by atoms with Gasteiger partial charge in [0.1, 0.15) is 0 Å². The van der Waals surface area contributed by atoms with E-state index in [1.165, 1.54) is 0 Å². The monoisotopic (exact) mass is 370 g/mol. The van der Waals surface area contributed by atoms with Crippen LogP contribution >= 0.6 is 11.6 Å². The lowest BCUT2D eigenvalue weighted by Gasteiger charge is -2.43. The van der Waals surface area contributed by atoms with Gasteiger partial charge < -0.3 is 4.90 Å². The van der Waals surface area contributed by atoms with E-state index >= 15 is 0 Å². The predicted octanol–water partition coefficient (Wildman–Crippen LogP) is 2.20. The van der Waals surface area contributed by atoms with Gasteiger partial charge >= 0.3 is 0 Å². The van der Waals surface area contributed by atoms with Gasteiger partial charge in [-0.25, -0.2) is 8.42 Å². The predicted molar refractivity (Wildman–Crippen MR) is 96.2 cm³/mol. The number of piperazine rings is 1. The number of carbonyl (C=O) groups excluding carboxylic acids is 1. The van der Waals surface area contributed by atoms with E-state index in [2.05, 4.69) is 18.7 Å². The van der Waals surface area contributed by atoms with E-state index in [4.69, 9.17) is 11.6 Å². The molecule has 132 valence electrons. The van der Waals surface area contributed by atoms with Gasteiger partial charge in [-0.15, -0.1) is 0 Å². The standard InChI is InChI=1S/C17H23ClN2O3S/c1-12(2)7-8-19-9-17(21)20(14-5-3-13(18)4-6-14)16-11-24(22,23)10-15(16)19/h3-6,12,15-16H,7-11H2,1-2H3/t15-,16+/m0/s1. The number of halogens is 1. The molecule has 2 saturated heterocycles. The summed E-state index contributed by atoms with van der Waals surface area (Å²) >= 11 is 5.93. The van der Waals surface area contributed by atoms with Gasteiger partial charge in [0.25, 0.3) is 0 Å². The molecular formula is C17H23ClN2O3S. The van der Waals surface area contributed by atoms with Gasteiger partial charge in [0.2, 0.25) is 5.91 Å². The Morgan fingerprint density at radius 2 is 1.79 bits per heavy atom. The average Bonchev–Trinajstić information content (AvgIpc) is 2.81. The van der Waals surface area contributed by atoms with Gasteiger partial charge in [-0.05, 0) is 43.1 Å². The zero-order chi connectivity index (χ0) is 17.5. The van der Waals surface area contributed by atoms with E-state index in [1.54, 1.807) is 29.2 Å². The highest BCUT2D eigenvalue weighted by atomic mass is 35.5. The third-order valence-electron chi connectivity index (χ3n) is 4.80. The van der Waals surface area contributed by atoms with Crippen molar-refractivity contribution < 1.29 is 13.2 Å². The molecule has 0 radical (unpaired) electrons. The first kappa shape index (κ1) is 17.7. The van der Waals surface area contributed by atoms with Crippen LogP contribution in [0.3, 0.4) is 0 Å². The van der Waals surface area contributed by atoms with Crippen molar-refractivity contribution >= 4 is 33.0 Å². The zero-order valence-electron chi connectivity index (χ0n) is 14.0. The number of rotatable bonds is 4. The summed E-state index contributed by atoms with van der Waals surface area (Å²) in [6, 6.07) is 6.59. The number of hydrogen-bond donors (Lipinski definition) is 0. The number of benzene rings is 1. The van der Waals surface area contributed by atoms with Crippen LogP contribution in [0.15, 0.2) is 24.3 Å². The Balaban J connectivity index is 1.90. The van der Waals surface area contributed by atoms with Crippen molar-refractivity contribution in [2.75, 3.05) is 29.5 Å². The SMILES string of the molecule is CC(C)CCN1CC(=O)N(c2ccc(Cl)cc2)[C@@H]2CS(=O)(=O)C[C@@H]21. The molecule has 0 bridgehead atoms. The average molecular weight is 371 g/mol. The van der Waals surface area contributed by atoms with Crippen molar-refractivity contribution in [3.05, 3.63) is 29.3 Å². The summed E-state index contributed by atoms with van der Waals surface area (Å²) in [5.74, 6) is 0.641. The summed E-state index contributed by atoms with van der Waals surface area (Å²) in [5.41, 5.74) is 0.722. The first-order valence-corrected chi connectivity index (χ1v) is 10.5. The van der Waals surface area contributed by atoms with Crippen LogP contribution in [0, 0.1) is 5.92 Å². The second-order valence-corrected chi connectivity index (χ2v) is 9.69. The summed E-state index contributed by atoms with van der Waals surface area (Å²) in [5, 5.41) is 0.595. The van der Waals surface area contributed by atoms with Gasteiger partial charge in [0.15, 0.2) is 9.84 Å². The van der Waals surface area contributed by atoms with Crippen molar-refractivity contribution in [2.45, 2.75) is 32.4 Å². The normalized spacial score (nSPS) is 26.8. The Hall–Kier alpha value is -1.11. The molecular weight excluding hydrogens is 348 g/mol. The molecule has 2 aliphatic heterocycles. The molecule has 0 aromatic heterocycles. The number of amides is 1. The zero-order valence-corrected chi connectivity index (χ0v) is 15.6. The summed E-state index contributed by atoms with van der Waals surface area (Å²) in [4.78, 5) is 16.5. The minimum Gasteiger partial charge on any atom is -0.306 e. The van der Waals surface area contributed by atoms with E-state index in [-0.39, 0.29) is 36.0 Å². The molecule has 0 N–H and O–H groups in total.